The Morgan fingerprint density at radius 3 is 2.80 bits per heavy atom. The molecule has 0 aliphatic carbocycles. The number of sulfonamides is 1. The molecule has 1 fully saturated rings. The number of carbonyl (C=O) groups excluding carboxylic acids is 1. The number of esters is 1. The van der Waals surface area contributed by atoms with Gasteiger partial charge in [0.15, 0.2) is 0 Å². The van der Waals surface area contributed by atoms with Crippen molar-refractivity contribution in [1.29, 1.82) is 0 Å². The third-order valence-electron chi connectivity index (χ3n) is 4.14. The van der Waals surface area contributed by atoms with Gasteiger partial charge in [-0.05, 0) is 23.8 Å². The number of piperazine rings is 1. The van der Waals surface area contributed by atoms with Crippen molar-refractivity contribution in [2.24, 2.45) is 0 Å². The van der Waals surface area contributed by atoms with Gasteiger partial charge in [-0.2, -0.15) is 4.31 Å². The maximum atomic E-state index is 13.3. The number of hydrogen-bond donors (Lipinski definition) is 1. The zero-order chi connectivity index (χ0) is 17.9. The van der Waals surface area contributed by atoms with Crippen molar-refractivity contribution in [1.82, 2.24) is 14.6 Å². The fourth-order valence-electron chi connectivity index (χ4n) is 2.93. The van der Waals surface area contributed by atoms with Crippen molar-refractivity contribution in [3.8, 4) is 0 Å². The van der Waals surface area contributed by atoms with Crippen molar-refractivity contribution in [3.63, 3.8) is 0 Å². The van der Waals surface area contributed by atoms with Gasteiger partial charge in [-0.15, -0.1) is 0 Å². The summed E-state index contributed by atoms with van der Waals surface area (Å²) in [6, 6.07) is 9.33. The van der Waals surface area contributed by atoms with Crippen LogP contribution in [-0.4, -0.2) is 50.4 Å². The molecular weight excluding hydrogens is 342 g/mol. The fraction of sp³-hybridized carbons (Fsp3) is 0.294. The molecule has 0 bridgehead atoms. The van der Waals surface area contributed by atoms with Gasteiger partial charge < -0.3 is 10.1 Å². The van der Waals surface area contributed by atoms with E-state index in [0.29, 0.717) is 19.6 Å². The molecule has 1 N–H and O–H groups in total. The van der Waals surface area contributed by atoms with E-state index in [1.807, 2.05) is 6.07 Å². The highest BCUT2D eigenvalue weighted by molar-refractivity contribution is 7.89. The minimum Gasteiger partial charge on any atom is -0.465 e. The molecule has 0 radical (unpaired) electrons. The van der Waals surface area contributed by atoms with E-state index in [1.54, 1.807) is 30.6 Å². The maximum absolute atomic E-state index is 13.3. The first kappa shape index (κ1) is 17.5. The second-order valence-corrected chi connectivity index (χ2v) is 7.47. The number of benzene rings is 1. The molecule has 2 aromatic rings. The average Bonchev–Trinajstić information content (AvgIpc) is 2.68. The normalized spacial score (nSPS) is 18.7. The van der Waals surface area contributed by atoms with Gasteiger partial charge in [0.25, 0.3) is 0 Å². The largest absolute Gasteiger partial charge is 0.465 e. The number of ether oxygens (including phenoxy) is 1. The van der Waals surface area contributed by atoms with Crippen LogP contribution in [0.3, 0.4) is 0 Å². The van der Waals surface area contributed by atoms with Crippen LogP contribution in [0.4, 0.5) is 0 Å². The predicted molar refractivity (Wildman–Crippen MR) is 91.5 cm³/mol. The van der Waals surface area contributed by atoms with Crippen molar-refractivity contribution < 1.29 is 17.9 Å². The van der Waals surface area contributed by atoms with Gasteiger partial charge >= 0.3 is 5.97 Å². The fourth-order valence-corrected chi connectivity index (χ4v) is 4.72. The molecule has 1 aliphatic heterocycles. The summed E-state index contributed by atoms with van der Waals surface area (Å²) in [5, 5.41) is 3.21. The van der Waals surface area contributed by atoms with Gasteiger partial charge in [0.2, 0.25) is 10.0 Å². The highest BCUT2D eigenvalue weighted by Crippen LogP contribution is 2.30. The van der Waals surface area contributed by atoms with Gasteiger partial charge in [0, 0.05) is 32.0 Å². The smallest absolute Gasteiger partial charge is 0.339 e. The first-order valence-corrected chi connectivity index (χ1v) is 9.29. The van der Waals surface area contributed by atoms with Gasteiger partial charge in [-0.3, -0.25) is 4.98 Å². The first-order valence-electron chi connectivity index (χ1n) is 7.85. The Labute approximate surface area is 146 Å². The molecule has 1 aromatic heterocycles. The second-order valence-electron chi connectivity index (χ2n) is 5.61. The molecule has 7 nitrogen and oxygen atoms in total. The summed E-state index contributed by atoms with van der Waals surface area (Å²) in [6.45, 7) is 1.32. The van der Waals surface area contributed by atoms with Crippen LogP contribution >= 0.6 is 0 Å². The van der Waals surface area contributed by atoms with Crippen LogP contribution in [0.1, 0.15) is 22.0 Å². The number of rotatable bonds is 4. The number of nitrogens with zero attached hydrogens (tertiary/aromatic N) is 2. The Kier molecular flexibility index (Phi) is 5.12. The van der Waals surface area contributed by atoms with E-state index >= 15 is 0 Å². The van der Waals surface area contributed by atoms with E-state index in [2.05, 4.69) is 10.3 Å². The summed E-state index contributed by atoms with van der Waals surface area (Å²) < 4.78 is 32.7. The summed E-state index contributed by atoms with van der Waals surface area (Å²) in [5.41, 5.74) is 0.835. The Hall–Kier alpha value is -2.29. The Morgan fingerprint density at radius 2 is 2.08 bits per heavy atom. The third-order valence-corrected chi connectivity index (χ3v) is 6.11. The van der Waals surface area contributed by atoms with E-state index in [4.69, 9.17) is 4.74 Å². The highest BCUT2D eigenvalue weighted by Gasteiger charge is 2.36. The lowest BCUT2D eigenvalue weighted by molar-refractivity contribution is 0.0596. The Balaban J connectivity index is 2.05. The van der Waals surface area contributed by atoms with Crippen molar-refractivity contribution in [2.45, 2.75) is 10.9 Å². The van der Waals surface area contributed by atoms with Crippen molar-refractivity contribution >= 4 is 16.0 Å². The zero-order valence-corrected chi connectivity index (χ0v) is 14.6. The highest BCUT2D eigenvalue weighted by atomic mass is 32.2. The minimum absolute atomic E-state index is 0.0356. The van der Waals surface area contributed by atoms with E-state index < -0.39 is 22.0 Å². The lowest BCUT2D eigenvalue weighted by Gasteiger charge is -2.35. The van der Waals surface area contributed by atoms with Crippen LogP contribution in [0.5, 0.6) is 0 Å². The van der Waals surface area contributed by atoms with E-state index in [-0.39, 0.29) is 10.5 Å². The molecule has 132 valence electrons. The molecule has 1 saturated heterocycles. The van der Waals surface area contributed by atoms with Gasteiger partial charge in [0.1, 0.15) is 0 Å². The standard InChI is InChI=1S/C17H19N3O4S/c1-24-17(21)14-6-2-3-7-16(14)25(22,23)20-10-9-19-12-15(20)13-5-4-8-18-11-13/h2-8,11,15,19H,9-10,12H2,1H3. The summed E-state index contributed by atoms with van der Waals surface area (Å²) in [5.74, 6) is -0.674. The topological polar surface area (TPSA) is 88.6 Å². The first-order chi connectivity index (χ1) is 12.1. The van der Waals surface area contributed by atoms with Gasteiger partial charge in [0.05, 0.1) is 23.6 Å². The van der Waals surface area contributed by atoms with Crippen LogP contribution in [0.25, 0.3) is 0 Å². The number of pyridine rings is 1. The number of carbonyl (C=O) groups is 1. The Morgan fingerprint density at radius 1 is 1.28 bits per heavy atom. The Bertz CT molecular complexity index is 855. The number of methoxy groups -OCH3 is 1. The van der Waals surface area contributed by atoms with E-state index in [0.717, 1.165) is 5.56 Å². The molecule has 2 heterocycles. The summed E-state index contributed by atoms with van der Waals surface area (Å²) in [6.07, 6.45) is 3.30. The minimum atomic E-state index is -3.88. The molecule has 1 atom stereocenters. The van der Waals surface area contributed by atoms with Gasteiger partial charge in [-0.1, -0.05) is 18.2 Å². The molecule has 25 heavy (non-hydrogen) atoms. The van der Waals surface area contributed by atoms with E-state index in [9.17, 15) is 13.2 Å². The quantitative estimate of drug-likeness (QED) is 0.824. The molecule has 8 heteroatoms. The monoisotopic (exact) mass is 361 g/mol. The van der Waals surface area contributed by atoms with Gasteiger partial charge in [-0.25, -0.2) is 13.2 Å². The number of aromatic nitrogens is 1. The average molecular weight is 361 g/mol. The second kappa shape index (κ2) is 7.30. The molecule has 1 aliphatic rings. The van der Waals surface area contributed by atoms with Crippen molar-refractivity contribution in [2.75, 3.05) is 26.7 Å². The summed E-state index contributed by atoms with van der Waals surface area (Å²) >= 11 is 0. The SMILES string of the molecule is COC(=O)c1ccccc1S(=O)(=O)N1CCNCC1c1cccnc1. The third kappa shape index (κ3) is 3.41. The predicted octanol–water partition coefficient (Wildman–Crippen LogP) is 1.20. The molecule has 1 aromatic carbocycles. The molecular formula is C17H19N3O4S. The van der Waals surface area contributed by atoms with Crippen LogP contribution in [-0.2, 0) is 14.8 Å². The van der Waals surface area contributed by atoms with E-state index in [1.165, 1.54) is 23.5 Å². The van der Waals surface area contributed by atoms with Crippen LogP contribution in [0, 0.1) is 0 Å². The maximum Gasteiger partial charge on any atom is 0.339 e. The molecule has 0 amide bonds. The molecule has 0 saturated carbocycles. The zero-order valence-electron chi connectivity index (χ0n) is 13.8. The molecule has 1 unspecified atom stereocenters. The van der Waals surface area contributed by atoms with Crippen LogP contribution in [0.15, 0.2) is 53.7 Å². The number of hydrogen-bond acceptors (Lipinski definition) is 6. The van der Waals surface area contributed by atoms with Crippen LogP contribution < -0.4 is 5.32 Å². The molecule has 3 rings (SSSR count). The number of nitrogens with one attached hydrogen (secondary N) is 1. The lowest BCUT2D eigenvalue weighted by Crippen LogP contribution is -2.48. The van der Waals surface area contributed by atoms with Crippen molar-refractivity contribution in [3.05, 3.63) is 59.9 Å². The summed E-state index contributed by atoms with van der Waals surface area (Å²) in [4.78, 5) is 16.0. The lowest BCUT2D eigenvalue weighted by atomic mass is 10.1. The molecule has 0 spiro atoms. The van der Waals surface area contributed by atoms with Crippen LogP contribution in [0.2, 0.25) is 0 Å². The summed E-state index contributed by atoms with van der Waals surface area (Å²) in [7, 11) is -2.65.